The summed E-state index contributed by atoms with van der Waals surface area (Å²) in [5.74, 6) is 1.85. The monoisotopic (exact) mass is 243 g/mol. The Hall–Kier alpha value is -2.14. The van der Waals surface area contributed by atoms with Crippen molar-refractivity contribution in [2.45, 2.75) is 13.0 Å². The van der Waals surface area contributed by atoms with Crippen LogP contribution >= 0.6 is 0 Å². The molecule has 1 aromatic carbocycles. The largest absolute Gasteiger partial charge is 0.488 e. The van der Waals surface area contributed by atoms with Gasteiger partial charge in [-0.1, -0.05) is 23.4 Å². The van der Waals surface area contributed by atoms with E-state index in [0.717, 1.165) is 16.9 Å². The molecule has 1 atom stereocenters. The van der Waals surface area contributed by atoms with E-state index in [1.807, 2.05) is 30.3 Å². The van der Waals surface area contributed by atoms with Gasteiger partial charge in [-0.05, 0) is 19.1 Å². The predicted molar refractivity (Wildman–Crippen MR) is 66.7 cm³/mol. The van der Waals surface area contributed by atoms with Gasteiger partial charge < -0.3 is 15.0 Å². The first-order chi connectivity index (χ1) is 8.74. The molecule has 0 radical (unpaired) electrons. The Balaban J connectivity index is 1.96. The van der Waals surface area contributed by atoms with Gasteiger partial charge in [0.1, 0.15) is 12.4 Å². The maximum absolute atomic E-state index is 5.69. The molecule has 0 bridgehead atoms. The number of rotatable bonds is 2. The highest BCUT2D eigenvalue weighted by molar-refractivity contribution is 5.82. The van der Waals surface area contributed by atoms with Gasteiger partial charge in [-0.3, -0.25) is 0 Å². The van der Waals surface area contributed by atoms with Crippen LogP contribution in [0.2, 0.25) is 0 Å². The fourth-order valence-corrected chi connectivity index (χ4v) is 1.80. The van der Waals surface area contributed by atoms with Crippen LogP contribution in [0.25, 0.3) is 11.6 Å². The molecular weight excluding hydrogens is 230 g/mol. The number of nitrogens with zero attached hydrogens (tertiary/aromatic N) is 2. The summed E-state index contributed by atoms with van der Waals surface area (Å²) >= 11 is 0. The number of para-hydroxylation sites is 1. The topological polar surface area (TPSA) is 74.2 Å². The lowest BCUT2D eigenvalue weighted by Crippen LogP contribution is -2.08. The summed E-state index contributed by atoms with van der Waals surface area (Å²) in [6.07, 6.45) is 2.01. The highest BCUT2D eigenvalue weighted by Gasteiger charge is 2.18. The minimum atomic E-state index is -0.261. The molecule has 0 saturated carbocycles. The summed E-state index contributed by atoms with van der Waals surface area (Å²) in [4.78, 5) is 4.26. The molecule has 0 saturated heterocycles. The van der Waals surface area contributed by atoms with Crippen LogP contribution in [0.1, 0.15) is 30.2 Å². The lowest BCUT2D eigenvalue weighted by Gasteiger charge is -2.15. The molecule has 1 aliphatic rings. The zero-order chi connectivity index (χ0) is 12.5. The summed E-state index contributed by atoms with van der Waals surface area (Å²) in [6, 6.07) is 7.57. The molecule has 5 heteroatoms. The molecule has 0 spiro atoms. The van der Waals surface area contributed by atoms with Crippen LogP contribution in [0.4, 0.5) is 0 Å². The third kappa shape index (κ3) is 1.89. The standard InChI is InChI=1S/C13H13N3O2/c1-8(14)13-15-12(16-18-13)10-6-9-4-2-3-5-11(9)17-7-10/h2-6,8H,7,14H2,1H3/t8-/m1/s1. The first kappa shape index (κ1) is 11.0. The molecule has 0 fully saturated rings. The fourth-order valence-electron chi connectivity index (χ4n) is 1.80. The zero-order valence-corrected chi connectivity index (χ0v) is 9.96. The van der Waals surface area contributed by atoms with Crippen molar-refractivity contribution >= 4 is 11.6 Å². The van der Waals surface area contributed by atoms with E-state index in [1.165, 1.54) is 0 Å². The highest BCUT2D eigenvalue weighted by atomic mass is 16.5. The molecule has 2 aromatic rings. The minimum absolute atomic E-state index is 0.261. The number of fused-ring (bicyclic) bond motifs is 1. The van der Waals surface area contributed by atoms with Gasteiger partial charge in [-0.2, -0.15) is 4.98 Å². The molecule has 5 nitrogen and oxygen atoms in total. The fraction of sp³-hybridized carbons (Fsp3) is 0.231. The third-order valence-electron chi connectivity index (χ3n) is 2.75. The van der Waals surface area contributed by atoms with Crippen LogP contribution < -0.4 is 10.5 Å². The Bertz CT molecular complexity index is 602. The van der Waals surface area contributed by atoms with Gasteiger partial charge in [-0.15, -0.1) is 0 Å². The van der Waals surface area contributed by atoms with Gasteiger partial charge in [0.2, 0.25) is 11.7 Å². The molecule has 1 aliphatic heterocycles. The summed E-state index contributed by atoms with van der Waals surface area (Å²) in [6.45, 7) is 2.24. The second kappa shape index (κ2) is 4.27. The SMILES string of the molecule is C[C@@H](N)c1nc(C2=Cc3ccccc3OC2)no1. The normalized spacial score (nSPS) is 15.6. The van der Waals surface area contributed by atoms with Crippen molar-refractivity contribution in [3.05, 3.63) is 41.5 Å². The molecular formula is C13H13N3O2. The summed E-state index contributed by atoms with van der Waals surface area (Å²) < 4.78 is 10.7. The molecule has 92 valence electrons. The van der Waals surface area contributed by atoms with Crippen LogP contribution in [-0.4, -0.2) is 16.7 Å². The van der Waals surface area contributed by atoms with E-state index in [9.17, 15) is 0 Å². The molecule has 0 amide bonds. The molecule has 3 rings (SSSR count). The zero-order valence-electron chi connectivity index (χ0n) is 9.96. The van der Waals surface area contributed by atoms with E-state index in [1.54, 1.807) is 6.92 Å². The van der Waals surface area contributed by atoms with Crippen LogP contribution in [0.3, 0.4) is 0 Å². The third-order valence-corrected chi connectivity index (χ3v) is 2.75. The van der Waals surface area contributed by atoms with Crippen LogP contribution in [0.5, 0.6) is 5.75 Å². The van der Waals surface area contributed by atoms with Crippen LogP contribution in [0, 0.1) is 0 Å². The maximum Gasteiger partial charge on any atom is 0.243 e. The lowest BCUT2D eigenvalue weighted by molar-refractivity contribution is 0.353. The van der Waals surface area contributed by atoms with Crippen molar-refractivity contribution < 1.29 is 9.26 Å². The molecule has 18 heavy (non-hydrogen) atoms. The van der Waals surface area contributed by atoms with Gasteiger partial charge in [0, 0.05) is 11.1 Å². The predicted octanol–water partition coefficient (Wildman–Crippen LogP) is 2.02. The summed E-state index contributed by atoms with van der Waals surface area (Å²) in [7, 11) is 0. The van der Waals surface area contributed by atoms with Crippen LogP contribution in [0.15, 0.2) is 28.8 Å². The van der Waals surface area contributed by atoms with Gasteiger partial charge in [0.25, 0.3) is 0 Å². The number of hydrogen-bond acceptors (Lipinski definition) is 5. The smallest absolute Gasteiger partial charge is 0.243 e. The molecule has 2 heterocycles. The van der Waals surface area contributed by atoms with Gasteiger partial charge >= 0.3 is 0 Å². The van der Waals surface area contributed by atoms with E-state index in [-0.39, 0.29) is 6.04 Å². The van der Waals surface area contributed by atoms with E-state index >= 15 is 0 Å². The van der Waals surface area contributed by atoms with E-state index < -0.39 is 0 Å². The molecule has 0 aliphatic carbocycles. The number of aromatic nitrogens is 2. The summed E-state index contributed by atoms with van der Waals surface area (Å²) in [5.41, 5.74) is 7.60. The number of benzene rings is 1. The summed E-state index contributed by atoms with van der Waals surface area (Å²) in [5, 5.41) is 3.92. The van der Waals surface area contributed by atoms with Gasteiger partial charge in [-0.25, -0.2) is 0 Å². The Morgan fingerprint density at radius 2 is 2.17 bits per heavy atom. The number of nitrogens with two attached hydrogens (primary N) is 1. The molecule has 2 N–H and O–H groups in total. The van der Waals surface area contributed by atoms with Crippen LogP contribution in [-0.2, 0) is 0 Å². The van der Waals surface area contributed by atoms with Crippen molar-refractivity contribution in [1.29, 1.82) is 0 Å². The van der Waals surface area contributed by atoms with Crippen molar-refractivity contribution in [2.24, 2.45) is 5.73 Å². The Morgan fingerprint density at radius 1 is 1.33 bits per heavy atom. The first-order valence-corrected chi connectivity index (χ1v) is 5.76. The van der Waals surface area contributed by atoms with E-state index in [4.69, 9.17) is 15.0 Å². The van der Waals surface area contributed by atoms with Gasteiger partial charge in [0.05, 0.1) is 6.04 Å². The Labute approximate surface area is 104 Å². The first-order valence-electron chi connectivity index (χ1n) is 5.76. The second-order valence-corrected chi connectivity index (χ2v) is 4.24. The number of ether oxygens (including phenoxy) is 1. The van der Waals surface area contributed by atoms with E-state index in [2.05, 4.69) is 10.1 Å². The highest BCUT2D eigenvalue weighted by Crippen LogP contribution is 2.29. The quantitative estimate of drug-likeness (QED) is 0.873. The maximum atomic E-state index is 5.69. The van der Waals surface area contributed by atoms with Crippen molar-refractivity contribution in [3.8, 4) is 5.75 Å². The van der Waals surface area contributed by atoms with Crippen molar-refractivity contribution in [1.82, 2.24) is 10.1 Å². The Kier molecular flexibility index (Phi) is 2.60. The molecule has 0 unspecified atom stereocenters. The average Bonchev–Trinajstić information content (AvgIpc) is 2.88. The van der Waals surface area contributed by atoms with Crippen molar-refractivity contribution in [3.63, 3.8) is 0 Å². The Morgan fingerprint density at radius 3 is 2.94 bits per heavy atom. The lowest BCUT2D eigenvalue weighted by atomic mass is 10.1. The average molecular weight is 243 g/mol. The van der Waals surface area contributed by atoms with Gasteiger partial charge in [0.15, 0.2) is 0 Å². The second-order valence-electron chi connectivity index (χ2n) is 4.24. The van der Waals surface area contributed by atoms with E-state index in [0.29, 0.717) is 18.3 Å². The van der Waals surface area contributed by atoms with Crippen molar-refractivity contribution in [2.75, 3.05) is 6.61 Å². The number of hydrogen-bond donors (Lipinski definition) is 1. The molecule has 1 aromatic heterocycles. The minimum Gasteiger partial charge on any atom is -0.488 e.